The van der Waals surface area contributed by atoms with E-state index in [1.807, 2.05) is 37.3 Å². The number of carbonyl (C=O) groups excluding carboxylic acids is 1. The van der Waals surface area contributed by atoms with Gasteiger partial charge in [0, 0.05) is 5.56 Å². The van der Waals surface area contributed by atoms with Crippen molar-refractivity contribution >= 4 is 11.9 Å². The Bertz CT molecular complexity index is 515. The van der Waals surface area contributed by atoms with E-state index >= 15 is 0 Å². The highest BCUT2D eigenvalue weighted by Gasteiger charge is 2.23. The number of cyclic esters (lactones) is 1. The van der Waals surface area contributed by atoms with Crippen LogP contribution in [0.25, 0.3) is 0 Å². The molecule has 3 heteroatoms. The Balaban J connectivity index is 2.18. The Kier molecular flexibility index (Phi) is 3.92. The molecule has 0 saturated heterocycles. The van der Waals surface area contributed by atoms with Gasteiger partial charge in [0.05, 0.1) is 0 Å². The third kappa shape index (κ3) is 2.86. The Morgan fingerprint density at radius 3 is 2.94 bits per heavy atom. The lowest BCUT2D eigenvalue weighted by Crippen LogP contribution is -2.05. The Morgan fingerprint density at radius 1 is 1.39 bits per heavy atom. The molecule has 0 aliphatic carbocycles. The number of ether oxygens (including phenoxy) is 1. The van der Waals surface area contributed by atoms with Gasteiger partial charge in [-0.15, -0.1) is 0 Å². The molecule has 1 aliphatic rings. The van der Waals surface area contributed by atoms with E-state index in [4.69, 9.17) is 4.74 Å². The Hall–Kier alpha value is -1.90. The molecule has 3 nitrogen and oxygen atoms in total. The van der Waals surface area contributed by atoms with Crippen LogP contribution in [0.15, 0.2) is 41.0 Å². The lowest BCUT2D eigenvalue weighted by Gasteiger charge is -1.99. The third-order valence-electron chi connectivity index (χ3n) is 2.78. The molecule has 0 fully saturated rings. The van der Waals surface area contributed by atoms with Crippen molar-refractivity contribution in [3.63, 3.8) is 0 Å². The molecule has 1 aliphatic heterocycles. The molecule has 1 heterocycles. The van der Waals surface area contributed by atoms with Gasteiger partial charge in [0.1, 0.15) is 5.70 Å². The number of aryl methyl sites for hydroxylation is 1. The smallest absolute Gasteiger partial charge is 0.363 e. The minimum absolute atomic E-state index is 0.345. The first-order valence-electron chi connectivity index (χ1n) is 6.28. The standard InChI is InChI=1S/C15H17NO2/c1-3-4-5-9-13-15(17)18-14(16-13)12-8-6-7-11(2)10-12/h6-10H,3-5H2,1-2H3/b13-9-. The van der Waals surface area contributed by atoms with Crippen molar-refractivity contribution < 1.29 is 9.53 Å². The van der Waals surface area contributed by atoms with Gasteiger partial charge in [-0.1, -0.05) is 37.1 Å². The van der Waals surface area contributed by atoms with E-state index in [0.717, 1.165) is 30.4 Å². The summed E-state index contributed by atoms with van der Waals surface area (Å²) in [5, 5.41) is 0. The van der Waals surface area contributed by atoms with E-state index in [-0.39, 0.29) is 5.97 Å². The number of hydrogen-bond acceptors (Lipinski definition) is 3. The lowest BCUT2D eigenvalue weighted by molar-refractivity contribution is -0.130. The molecular weight excluding hydrogens is 226 g/mol. The van der Waals surface area contributed by atoms with Crippen LogP contribution >= 0.6 is 0 Å². The van der Waals surface area contributed by atoms with E-state index in [1.165, 1.54) is 0 Å². The molecule has 0 unspecified atom stereocenters. The molecule has 1 aromatic rings. The highest BCUT2D eigenvalue weighted by Crippen LogP contribution is 2.18. The second kappa shape index (κ2) is 5.63. The van der Waals surface area contributed by atoms with Gasteiger partial charge in [-0.25, -0.2) is 9.79 Å². The minimum Gasteiger partial charge on any atom is -0.402 e. The summed E-state index contributed by atoms with van der Waals surface area (Å²) in [5.74, 6) is 0.0639. The number of benzene rings is 1. The summed E-state index contributed by atoms with van der Waals surface area (Å²) in [5.41, 5.74) is 2.40. The van der Waals surface area contributed by atoms with Crippen molar-refractivity contribution in [2.75, 3.05) is 0 Å². The number of allylic oxidation sites excluding steroid dienone is 1. The van der Waals surface area contributed by atoms with Crippen LogP contribution in [-0.4, -0.2) is 11.9 Å². The zero-order valence-electron chi connectivity index (χ0n) is 10.8. The molecule has 0 saturated carbocycles. The largest absolute Gasteiger partial charge is 0.402 e. The summed E-state index contributed by atoms with van der Waals surface area (Å²) in [6.45, 7) is 4.12. The van der Waals surface area contributed by atoms with Crippen molar-refractivity contribution in [3.05, 3.63) is 47.2 Å². The maximum absolute atomic E-state index is 11.6. The minimum atomic E-state index is -0.345. The quantitative estimate of drug-likeness (QED) is 0.462. The second-order valence-electron chi connectivity index (χ2n) is 4.41. The SMILES string of the molecule is CCCC/C=C1\N=C(c2cccc(C)c2)OC1=O. The van der Waals surface area contributed by atoms with Gasteiger partial charge >= 0.3 is 5.97 Å². The zero-order valence-corrected chi connectivity index (χ0v) is 10.8. The Morgan fingerprint density at radius 2 is 2.22 bits per heavy atom. The molecule has 0 atom stereocenters. The summed E-state index contributed by atoms with van der Waals surface area (Å²) in [6.07, 6.45) is 4.89. The van der Waals surface area contributed by atoms with Crippen LogP contribution in [0.2, 0.25) is 0 Å². The monoisotopic (exact) mass is 243 g/mol. The number of nitrogens with zero attached hydrogens (tertiary/aromatic N) is 1. The van der Waals surface area contributed by atoms with Crippen molar-refractivity contribution in [1.29, 1.82) is 0 Å². The summed E-state index contributed by atoms with van der Waals surface area (Å²) in [4.78, 5) is 15.9. The molecular formula is C15H17NO2. The molecule has 94 valence electrons. The fraction of sp³-hybridized carbons (Fsp3) is 0.333. The van der Waals surface area contributed by atoms with Crippen LogP contribution < -0.4 is 0 Å². The van der Waals surface area contributed by atoms with E-state index in [0.29, 0.717) is 11.6 Å². The van der Waals surface area contributed by atoms with Crippen LogP contribution in [0.1, 0.15) is 37.3 Å². The Labute approximate surface area is 107 Å². The number of esters is 1. The molecule has 0 bridgehead atoms. The fourth-order valence-electron chi connectivity index (χ4n) is 1.79. The molecule has 0 N–H and O–H groups in total. The van der Waals surface area contributed by atoms with Gasteiger partial charge in [0.2, 0.25) is 5.90 Å². The van der Waals surface area contributed by atoms with Crippen LogP contribution in [-0.2, 0) is 9.53 Å². The highest BCUT2D eigenvalue weighted by molar-refractivity contribution is 6.11. The van der Waals surface area contributed by atoms with Crippen molar-refractivity contribution in [2.45, 2.75) is 33.1 Å². The van der Waals surface area contributed by atoms with Crippen LogP contribution in [0, 0.1) is 6.92 Å². The fourth-order valence-corrected chi connectivity index (χ4v) is 1.79. The van der Waals surface area contributed by atoms with E-state index in [1.54, 1.807) is 0 Å². The number of hydrogen-bond donors (Lipinski definition) is 0. The summed E-state index contributed by atoms with van der Waals surface area (Å²) in [6, 6.07) is 7.79. The van der Waals surface area contributed by atoms with Crippen LogP contribution in [0.3, 0.4) is 0 Å². The average Bonchev–Trinajstić information content (AvgIpc) is 2.72. The highest BCUT2D eigenvalue weighted by atomic mass is 16.6. The molecule has 18 heavy (non-hydrogen) atoms. The van der Waals surface area contributed by atoms with E-state index in [9.17, 15) is 4.79 Å². The first kappa shape index (κ1) is 12.6. The predicted octanol–water partition coefficient (Wildman–Crippen LogP) is 3.37. The maximum Gasteiger partial charge on any atom is 0.363 e. The molecule has 2 rings (SSSR count). The first-order valence-corrected chi connectivity index (χ1v) is 6.28. The molecule has 0 amide bonds. The summed E-state index contributed by atoms with van der Waals surface area (Å²) >= 11 is 0. The lowest BCUT2D eigenvalue weighted by atomic mass is 10.1. The molecule has 0 spiro atoms. The molecule has 1 aromatic carbocycles. The first-order chi connectivity index (χ1) is 8.70. The average molecular weight is 243 g/mol. The summed E-state index contributed by atoms with van der Waals surface area (Å²) < 4.78 is 5.19. The van der Waals surface area contributed by atoms with Gasteiger partial charge in [-0.3, -0.25) is 0 Å². The molecule has 0 radical (unpaired) electrons. The zero-order chi connectivity index (χ0) is 13.0. The van der Waals surface area contributed by atoms with Crippen molar-refractivity contribution in [2.24, 2.45) is 4.99 Å². The molecule has 0 aromatic heterocycles. The van der Waals surface area contributed by atoms with Crippen LogP contribution in [0.4, 0.5) is 0 Å². The van der Waals surface area contributed by atoms with E-state index < -0.39 is 0 Å². The number of unbranched alkanes of at least 4 members (excludes halogenated alkanes) is 2. The third-order valence-corrected chi connectivity index (χ3v) is 2.78. The van der Waals surface area contributed by atoms with Gasteiger partial charge in [0.25, 0.3) is 0 Å². The van der Waals surface area contributed by atoms with Crippen molar-refractivity contribution in [1.82, 2.24) is 0 Å². The number of aliphatic imine (C=N–C) groups is 1. The second-order valence-corrected chi connectivity index (χ2v) is 4.41. The normalized spacial score (nSPS) is 16.9. The van der Waals surface area contributed by atoms with Gasteiger partial charge < -0.3 is 4.74 Å². The van der Waals surface area contributed by atoms with Crippen molar-refractivity contribution in [3.8, 4) is 0 Å². The van der Waals surface area contributed by atoms with Gasteiger partial charge in [-0.05, 0) is 31.9 Å². The van der Waals surface area contributed by atoms with Crippen LogP contribution in [0.5, 0.6) is 0 Å². The number of rotatable bonds is 4. The number of carbonyl (C=O) groups is 1. The van der Waals surface area contributed by atoms with E-state index in [2.05, 4.69) is 11.9 Å². The van der Waals surface area contributed by atoms with Gasteiger partial charge in [0.15, 0.2) is 0 Å². The summed E-state index contributed by atoms with van der Waals surface area (Å²) in [7, 11) is 0. The maximum atomic E-state index is 11.6. The topological polar surface area (TPSA) is 38.7 Å². The predicted molar refractivity (Wildman–Crippen MR) is 71.4 cm³/mol. The van der Waals surface area contributed by atoms with Gasteiger partial charge in [-0.2, -0.15) is 0 Å².